The molecule has 146 valence electrons. The molecule has 2 heterocycles. The van der Waals surface area contributed by atoms with Gasteiger partial charge in [0, 0.05) is 14.5 Å². The lowest BCUT2D eigenvalue weighted by Gasteiger charge is -2.31. The summed E-state index contributed by atoms with van der Waals surface area (Å²) in [5.41, 5.74) is 3.20. The molecular weight excluding hydrogens is 530 g/mol. The molecular formula is C19H15Br2NO4S2. The molecule has 0 saturated carbocycles. The molecule has 1 unspecified atom stereocenters. The van der Waals surface area contributed by atoms with E-state index in [1.165, 1.54) is 0 Å². The second-order valence-electron chi connectivity index (χ2n) is 6.27. The maximum Gasteiger partial charge on any atom is 0.213 e. The molecule has 4 rings (SSSR count). The summed E-state index contributed by atoms with van der Waals surface area (Å²) in [7, 11) is -2.07. The van der Waals surface area contributed by atoms with Crippen LogP contribution in [-0.2, 0) is 15.8 Å². The fourth-order valence-corrected chi connectivity index (χ4v) is 6.52. The zero-order valence-electron chi connectivity index (χ0n) is 14.6. The first kappa shape index (κ1) is 19.9. The quantitative estimate of drug-likeness (QED) is 0.488. The minimum atomic E-state index is -3.68. The lowest BCUT2D eigenvalue weighted by molar-refractivity contribution is 0.244. The molecule has 5 nitrogen and oxygen atoms in total. The smallest absolute Gasteiger partial charge is 0.213 e. The normalized spacial score (nSPS) is 15.5. The van der Waals surface area contributed by atoms with Crippen LogP contribution in [0.2, 0.25) is 0 Å². The Hall–Kier alpha value is -1.39. The first-order valence-corrected chi connectivity index (χ1v) is 12.4. The van der Waals surface area contributed by atoms with Crippen LogP contribution in [0.1, 0.15) is 22.1 Å². The number of benzene rings is 2. The molecule has 0 fully saturated rings. The second-order valence-corrected chi connectivity index (χ2v) is 10.5. The third kappa shape index (κ3) is 3.50. The van der Waals surface area contributed by atoms with Gasteiger partial charge >= 0.3 is 0 Å². The van der Waals surface area contributed by atoms with Gasteiger partial charge in [0.05, 0.1) is 23.3 Å². The number of ether oxygens (including phenoxy) is 2. The molecule has 3 aromatic rings. The SMILES string of the molecule is COc1cccc2c1-c1ccc(CS(N)(=O)=O)c(Br)c1C(c1sccc1Br)O2. The molecule has 0 aliphatic carbocycles. The second kappa shape index (κ2) is 7.46. The van der Waals surface area contributed by atoms with Crippen molar-refractivity contribution in [3.8, 4) is 22.6 Å². The summed E-state index contributed by atoms with van der Waals surface area (Å²) in [6.45, 7) is 0. The maximum absolute atomic E-state index is 11.7. The fraction of sp³-hybridized carbons (Fsp3) is 0.158. The van der Waals surface area contributed by atoms with Gasteiger partial charge in [0.1, 0.15) is 11.5 Å². The Balaban J connectivity index is 2.01. The molecule has 1 aliphatic heterocycles. The average molecular weight is 545 g/mol. The number of thiophene rings is 1. The highest BCUT2D eigenvalue weighted by Gasteiger charge is 2.34. The Kier molecular flexibility index (Phi) is 5.30. The van der Waals surface area contributed by atoms with Gasteiger partial charge in [-0.25, -0.2) is 13.6 Å². The molecule has 2 N–H and O–H groups in total. The molecule has 2 aromatic carbocycles. The Labute approximate surface area is 183 Å². The number of fused-ring (bicyclic) bond motifs is 3. The molecule has 0 bridgehead atoms. The van der Waals surface area contributed by atoms with Gasteiger partial charge in [-0.15, -0.1) is 11.3 Å². The van der Waals surface area contributed by atoms with Gasteiger partial charge in [0.25, 0.3) is 0 Å². The summed E-state index contributed by atoms with van der Waals surface area (Å²) in [5, 5.41) is 7.26. The van der Waals surface area contributed by atoms with E-state index in [2.05, 4.69) is 31.9 Å². The maximum atomic E-state index is 11.7. The number of methoxy groups -OCH3 is 1. The Morgan fingerprint density at radius 2 is 2.00 bits per heavy atom. The van der Waals surface area contributed by atoms with E-state index in [1.54, 1.807) is 24.5 Å². The van der Waals surface area contributed by atoms with Crippen LogP contribution in [0.5, 0.6) is 11.5 Å². The van der Waals surface area contributed by atoms with Crippen molar-refractivity contribution in [2.75, 3.05) is 7.11 Å². The Morgan fingerprint density at radius 3 is 2.64 bits per heavy atom. The van der Waals surface area contributed by atoms with E-state index < -0.39 is 16.1 Å². The number of halogens is 2. The van der Waals surface area contributed by atoms with Crippen LogP contribution in [0.3, 0.4) is 0 Å². The van der Waals surface area contributed by atoms with E-state index in [1.807, 2.05) is 35.7 Å². The van der Waals surface area contributed by atoms with Crippen LogP contribution in [-0.4, -0.2) is 15.5 Å². The predicted molar refractivity (Wildman–Crippen MR) is 117 cm³/mol. The average Bonchev–Trinajstić information content (AvgIpc) is 3.07. The number of sulfonamides is 1. The minimum absolute atomic E-state index is 0.266. The molecule has 1 aliphatic rings. The highest BCUT2D eigenvalue weighted by molar-refractivity contribution is 9.11. The zero-order chi connectivity index (χ0) is 20.1. The van der Waals surface area contributed by atoms with Gasteiger partial charge in [-0.3, -0.25) is 0 Å². The van der Waals surface area contributed by atoms with Gasteiger partial charge in [-0.05, 0) is 50.6 Å². The summed E-state index contributed by atoms with van der Waals surface area (Å²) in [6.07, 6.45) is -0.404. The topological polar surface area (TPSA) is 78.6 Å². The lowest BCUT2D eigenvalue weighted by atomic mass is 9.90. The van der Waals surface area contributed by atoms with Gasteiger partial charge in [-0.1, -0.05) is 34.1 Å². The van der Waals surface area contributed by atoms with Crippen molar-refractivity contribution in [1.29, 1.82) is 0 Å². The van der Waals surface area contributed by atoms with Gasteiger partial charge in [-0.2, -0.15) is 0 Å². The molecule has 28 heavy (non-hydrogen) atoms. The number of nitrogens with two attached hydrogens (primary N) is 1. The van der Waals surface area contributed by atoms with E-state index in [0.29, 0.717) is 21.5 Å². The monoisotopic (exact) mass is 543 g/mol. The van der Waals surface area contributed by atoms with Crippen LogP contribution in [0.15, 0.2) is 50.7 Å². The van der Waals surface area contributed by atoms with Crippen LogP contribution >= 0.6 is 43.2 Å². The van der Waals surface area contributed by atoms with Gasteiger partial charge in [0.15, 0.2) is 6.10 Å². The number of hydrogen-bond donors (Lipinski definition) is 1. The minimum Gasteiger partial charge on any atom is -0.496 e. The van der Waals surface area contributed by atoms with E-state index >= 15 is 0 Å². The summed E-state index contributed by atoms with van der Waals surface area (Å²) in [6, 6.07) is 11.3. The largest absolute Gasteiger partial charge is 0.496 e. The molecule has 9 heteroatoms. The van der Waals surface area contributed by atoms with Crippen molar-refractivity contribution >= 4 is 53.2 Å². The van der Waals surface area contributed by atoms with Crippen LogP contribution in [0.25, 0.3) is 11.1 Å². The lowest BCUT2D eigenvalue weighted by Crippen LogP contribution is -2.19. The molecule has 0 radical (unpaired) electrons. The van der Waals surface area contributed by atoms with E-state index in [9.17, 15) is 8.42 Å². The van der Waals surface area contributed by atoms with E-state index in [-0.39, 0.29) is 5.75 Å². The van der Waals surface area contributed by atoms with Crippen molar-refractivity contribution in [3.05, 3.63) is 66.7 Å². The highest BCUT2D eigenvalue weighted by Crippen LogP contribution is 2.53. The number of primary sulfonamides is 1. The fourth-order valence-electron chi connectivity index (χ4n) is 3.35. The van der Waals surface area contributed by atoms with Crippen LogP contribution < -0.4 is 14.6 Å². The highest BCUT2D eigenvalue weighted by atomic mass is 79.9. The third-order valence-electron chi connectivity index (χ3n) is 4.48. The summed E-state index contributed by atoms with van der Waals surface area (Å²) < 4.78 is 36.9. The standard InChI is InChI=1S/C19H15Br2NO4S2/c1-25-13-3-2-4-14-15(13)11-6-5-10(9-28(22,23)24)17(21)16(11)18(26-14)19-12(20)7-8-27-19/h2-8,18H,9H2,1H3,(H2,22,23,24). The summed E-state index contributed by atoms with van der Waals surface area (Å²) >= 11 is 8.77. The van der Waals surface area contributed by atoms with Crippen LogP contribution in [0.4, 0.5) is 0 Å². The van der Waals surface area contributed by atoms with E-state index in [4.69, 9.17) is 14.6 Å². The van der Waals surface area contributed by atoms with Crippen molar-refractivity contribution in [2.24, 2.45) is 5.14 Å². The van der Waals surface area contributed by atoms with Crippen molar-refractivity contribution in [3.63, 3.8) is 0 Å². The Morgan fingerprint density at radius 1 is 1.21 bits per heavy atom. The first-order chi connectivity index (χ1) is 13.3. The van der Waals surface area contributed by atoms with Crippen molar-refractivity contribution in [1.82, 2.24) is 0 Å². The van der Waals surface area contributed by atoms with Crippen molar-refractivity contribution in [2.45, 2.75) is 11.9 Å². The number of rotatable bonds is 4. The van der Waals surface area contributed by atoms with Gasteiger partial charge in [0.2, 0.25) is 10.0 Å². The predicted octanol–water partition coefficient (Wildman–Crippen LogP) is 5.22. The third-order valence-corrected chi connectivity index (χ3v) is 8.05. The Bertz CT molecular complexity index is 1170. The number of hydrogen-bond acceptors (Lipinski definition) is 5. The molecule has 0 amide bonds. The van der Waals surface area contributed by atoms with E-state index in [0.717, 1.165) is 26.0 Å². The zero-order valence-corrected chi connectivity index (χ0v) is 19.4. The first-order valence-electron chi connectivity index (χ1n) is 8.19. The summed E-state index contributed by atoms with van der Waals surface area (Å²) in [5.74, 6) is 1.13. The molecule has 0 spiro atoms. The molecule has 1 atom stereocenters. The molecule has 1 aromatic heterocycles. The van der Waals surface area contributed by atoms with Crippen LogP contribution in [0, 0.1) is 0 Å². The summed E-state index contributed by atoms with van der Waals surface area (Å²) in [4.78, 5) is 0.989. The van der Waals surface area contributed by atoms with Crippen molar-refractivity contribution < 1.29 is 17.9 Å². The molecule has 0 saturated heterocycles. The van der Waals surface area contributed by atoms with Gasteiger partial charge < -0.3 is 9.47 Å².